The molecule has 0 saturated carbocycles. The summed E-state index contributed by atoms with van der Waals surface area (Å²) in [6, 6.07) is 10.3. The van der Waals surface area contributed by atoms with Crippen LogP contribution in [0, 0.1) is 5.92 Å². The summed E-state index contributed by atoms with van der Waals surface area (Å²) in [4.78, 5) is 5.48. The average Bonchev–Trinajstić information content (AvgIpc) is 3.02. The van der Waals surface area contributed by atoms with Crippen molar-refractivity contribution in [3.05, 3.63) is 65.3 Å². The van der Waals surface area contributed by atoms with Gasteiger partial charge in [0.25, 0.3) is 0 Å². The molecule has 2 aromatic rings. The molecule has 0 bridgehead atoms. The van der Waals surface area contributed by atoms with E-state index in [1.807, 2.05) is 29.0 Å². The van der Waals surface area contributed by atoms with Gasteiger partial charge >= 0.3 is 0 Å². The summed E-state index contributed by atoms with van der Waals surface area (Å²) < 4.78 is 1.96. The molecular formula is C19H21N3S. The lowest BCUT2D eigenvalue weighted by molar-refractivity contribution is 0.621. The summed E-state index contributed by atoms with van der Waals surface area (Å²) in [7, 11) is 0. The second-order valence-electron chi connectivity index (χ2n) is 5.52. The summed E-state index contributed by atoms with van der Waals surface area (Å²) in [5, 5.41) is 6.88. The Morgan fingerprint density at radius 1 is 1.26 bits per heavy atom. The fourth-order valence-corrected chi connectivity index (χ4v) is 3.43. The van der Waals surface area contributed by atoms with E-state index in [-0.39, 0.29) is 0 Å². The second kappa shape index (κ2) is 7.88. The van der Waals surface area contributed by atoms with Crippen LogP contribution in [0.2, 0.25) is 0 Å². The molecule has 118 valence electrons. The van der Waals surface area contributed by atoms with E-state index in [0.717, 1.165) is 28.9 Å². The van der Waals surface area contributed by atoms with Gasteiger partial charge in [-0.15, -0.1) is 17.9 Å². The van der Waals surface area contributed by atoms with Gasteiger partial charge in [0.1, 0.15) is 0 Å². The molecule has 23 heavy (non-hydrogen) atoms. The molecule has 1 atom stereocenters. The molecule has 1 aliphatic rings. The molecule has 0 amide bonds. The average molecular weight is 323 g/mol. The Morgan fingerprint density at radius 2 is 2.13 bits per heavy atom. The molecular weight excluding hydrogens is 302 g/mol. The van der Waals surface area contributed by atoms with Crippen LogP contribution in [0.5, 0.6) is 0 Å². The third kappa shape index (κ3) is 3.96. The van der Waals surface area contributed by atoms with Crippen molar-refractivity contribution >= 4 is 17.6 Å². The number of aromatic nitrogens is 1. The van der Waals surface area contributed by atoms with Crippen molar-refractivity contribution in [2.75, 3.05) is 6.54 Å². The molecule has 1 unspecified atom stereocenters. The number of thiazole rings is 1. The van der Waals surface area contributed by atoms with E-state index >= 15 is 0 Å². The lowest BCUT2D eigenvalue weighted by Gasteiger charge is -2.12. The van der Waals surface area contributed by atoms with Crippen LogP contribution in [0.3, 0.4) is 0 Å². The standard InChI is InChI=1S/C19H21N3S/c1-2-13-20-19-22(21-14-16-9-5-3-6-10-16)18(15-23-19)17-11-7-4-8-12-17/h2-5,7-8,11-12,14-16H,1,6,9-10,13H2. The normalized spacial score (nSPS) is 18.6. The molecule has 0 radical (unpaired) electrons. The minimum absolute atomic E-state index is 0.517. The molecule has 3 rings (SSSR count). The van der Waals surface area contributed by atoms with Crippen molar-refractivity contribution in [2.45, 2.75) is 19.3 Å². The predicted molar refractivity (Wildman–Crippen MR) is 98.7 cm³/mol. The van der Waals surface area contributed by atoms with E-state index in [2.05, 4.69) is 47.5 Å². The maximum atomic E-state index is 4.76. The molecule has 4 heteroatoms. The molecule has 0 fully saturated rings. The highest BCUT2D eigenvalue weighted by Gasteiger charge is 2.09. The summed E-state index contributed by atoms with van der Waals surface area (Å²) in [5.41, 5.74) is 2.24. The van der Waals surface area contributed by atoms with Gasteiger partial charge in [-0.2, -0.15) is 5.10 Å². The minimum Gasteiger partial charge on any atom is -0.253 e. The fourth-order valence-electron chi connectivity index (χ4n) is 2.58. The first-order chi connectivity index (χ1) is 11.4. The van der Waals surface area contributed by atoms with Gasteiger partial charge < -0.3 is 0 Å². The summed E-state index contributed by atoms with van der Waals surface area (Å²) in [6.07, 6.45) is 11.8. The Morgan fingerprint density at radius 3 is 2.87 bits per heavy atom. The van der Waals surface area contributed by atoms with Crippen molar-refractivity contribution < 1.29 is 0 Å². The molecule has 1 aliphatic carbocycles. The van der Waals surface area contributed by atoms with Crippen LogP contribution in [0.15, 0.2) is 70.6 Å². The topological polar surface area (TPSA) is 29.6 Å². The van der Waals surface area contributed by atoms with Gasteiger partial charge in [0.2, 0.25) is 4.80 Å². The van der Waals surface area contributed by atoms with Crippen LogP contribution in [0.1, 0.15) is 19.3 Å². The minimum atomic E-state index is 0.517. The summed E-state index contributed by atoms with van der Waals surface area (Å²) >= 11 is 1.62. The molecule has 1 heterocycles. The quantitative estimate of drug-likeness (QED) is 0.573. The highest BCUT2D eigenvalue weighted by Crippen LogP contribution is 2.20. The van der Waals surface area contributed by atoms with Crippen molar-refractivity contribution in [1.82, 2.24) is 4.68 Å². The number of nitrogens with zero attached hydrogens (tertiary/aromatic N) is 3. The highest BCUT2D eigenvalue weighted by atomic mass is 32.1. The van der Waals surface area contributed by atoms with Gasteiger partial charge in [-0.1, -0.05) is 48.6 Å². The number of benzene rings is 1. The third-order valence-electron chi connectivity index (χ3n) is 3.81. The van der Waals surface area contributed by atoms with Crippen molar-refractivity contribution in [1.29, 1.82) is 0 Å². The smallest absolute Gasteiger partial charge is 0.206 e. The molecule has 0 N–H and O–H groups in total. The van der Waals surface area contributed by atoms with E-state index in [1.165, 1.54) is 6.42 Å². The zero-order valence-corrected chi connectivity index (χ0v) is 14.0. The van der Waals surface area contributed by atoms with Crippen molar-refractivity contribution in [2.24, 2.45) is 16.0 Å². The second-order valence-corrected chi connectivity index (χ2v) is 6.36. The fraction of sp³-hybridized carbons (Fsp3) is 0.263. The predicted octanol–water partition coefficient (Wildman–Crippen LogP) is 4.49. The van der Waals surface area contributed by atoms with E-state index in [0.29, 0.717) is 12.5 Å². The summed E-state index contributed by atoms with van der Waals surface area (Å²) in [6.45, 7) is 4.35. The van der Waals surface area contributed by atoms with Gasteiger partial charge in [0.05, 0.1) is 12.2 Å². The van der Waals surface area contributed by atoms with Crippen molar-refractivity contribution in [3.63, 3.8) is 0 Å². The first kappa shape index (κ1) is 15.7. The molecule has 1 aromatic carbocycles. The van der Waals surface area contributed by atoms with Crippen LogP contribution >= 0.6 is 11.3 Å². The van der Waals surface area contributed by atoms with Crippen molar-refractivity contribution in [3.8, 4) is 11.3 Å². The number of allylic oxidation sites excluding steroid dienone is 2. The zero-order chi connectivity index (χ0) is 15.9. The SMILES string of the molecule is C=CCN=c1scc(-c2ccccc2)n1N=CC1CC=CCC1. The Balaban J connectivity index is 1.97. The molecule has 0 aliphatic heterocycles. The van der Waals surface area contributed by atoms with E-state index in [9.17, 15) is 0 Å². The van der Waals surface area contributed by atoms with Gasteiger partial charge in [-0.05, 0) is 25.2 Å². The van der Waals surface area contributed by atoms with Crippen LogP contribution in [0.4, 0.5) is 0 Å². The van der Waals surface area contributed by atoms with Gasteiger partial charge in [0, 0.05) is 17.2 Å². The Hall–Kier alpha value is -2.20. The maximum absolute atomic E-state index is 4.76. The van der Waals surface area contributed by atoms with Crippen LogP contribution < -0.4 is 4.80 Å². The van der Waals surface area contributed by atoms with Gasteiger partial charge in [-0.3, -0.25) is 4.99 Å². The van der Waals surface area contributed by atoms with Crippen LogP contribution in [-0.4, -0.2) is 17.4 Å². The third-order valence-corrected chi connectivity index (χ3v) is 4.67. The molecule has 0 spiro atoms. The van der Waals surface area contributed by atoms with E-state index in [4.69, 9.17) is 5.10 Å². The maximum Gasteiger partial charge on any atom is 0.206 e. The van der Waals surface area contributed by atoms with Gasteiger partial charge in [0.15, 0.2) is 0 Å². The van der Waals surface area contributed by atoms with E-state index in [1.54, 1.807) is 11.3 Å². The largest absolute Gasteiger partial charge is 0.253 e. The molecule has 0 saturated heterocycles. The Labute approximate surface area is 141 Å². The number of hydrogen-bond acceptors (Lipinski definition) is 3. The zero-order valence-electron chi connectivity index (χ0n) is 13.1. The first-order valence-electron chi connectivity index (χ1n) is 7.95. The molecule has 3 nitrogen and oxygen atoms in total. The van der Waals surface area contributed by atoms with E-state index < -0.39 is 0 Å². The van der Waals surface area contributed by atoms with Gasteiger partial charge in [-0.25, -0.2) is 4.68 Å². The molecule has 1 aromatic heterocycles. The lowest BCUT2D eigenvalue weighted by Crippen LogP contribution is -2.14. The monoisotopic (exact) mass is 323 g/mol. The van der Waals surface area contributed by atoms with Crippen LogP contribution in [0.25, 0.3) is 11.3 Å². The number of hydrogen-bond donors (Lipinski definition) is 0. The highest BCUT2D eigenvalue weighted by molar-refractivity contribution is 7.07. The first-order valence-corrected chi connectivity index (χ1v) is 8.83. The number of rotatable bonds is 5. The Bertz CT molecular complexity index is 765. The van der Waals surface area contributed by atoms with Crippen LogP contribution in [-0.2, 0) is 0 Å². The lowest BCUT2D eigenvalue weighted by atomic mass is 9.96. The summed E-state index contributed by atoms with van der Waals surface area (Å²) in [5.74, 6) is 0.517. The Kier molecular flexibility index (Phi) is 5.37.